The van der Waals surface area contributed by atoms with Crippen LogP contribution in [0.3, 0.4) is 0 Å². The van der Waals surface area contributed by atoms with Crippen molar-refractivity contribution >= 4 is 11.8 Å². The molecule has 5 heteroatoms. The van der Waals surface area contributed by atoms with Gasteiger partial charge in [0.15, 0.2) is 0 Å². The van der Waals surface area contributed by atoms with Crippen molar-refractivity contribution in [1.82, 2.24) is 10.2 Å². The Hall–Kier alpha value is -2.69. The summed E-state index contributed by atoms with van der Waals surface area (Å²) in [5.74, 6) is -0.445. The molecule has 0 bridgehead atoms. The lowest BCUT2D eigenvalue weighted by Crippen LogP contribution is -2.58. The minimum absolute atomic E-state index is 0.00646. The normalized spacial score (nSPS) is 18.9. The summed E-state index contributed by atoms with van der Waals surface area (Å²) < 4.78 is 14.5. The van der Waals surface area contributed by atoms with Crippen LogP contribution in [0.2, 0.25) is 0 Å². The number of hydrogen-bond donors (Lipinski definition) is 1. The van der Waals surface area contributed by atoms with Crippen molar-refractivity contribution in [3.63, 3.8) is 0 Å². The van der Waals surface area contributed by atoms with Gasteiger partial charge in [-0.05, 0) is 36.5 Å². The van der Waals surface area contributed by atoms with Crippen LogP contribution in [0, 0.1) is 5.82 Å². The average Bonchev–Trinajstić information content (AvgIpc) is 3.13. The Morgan fingerprint density at radius 1 is 1.11 bits per heavy atom. The maximum absolute atomic E-state index is 14.5. The van der Waals surface area contributed by atoms with Crippen LogP contribution in [0.25, 0.3) is 11.1 Å². The standard InChI is InChI=1S/C23H27FN2O2/c1-3-9-21(27)26-15-8-14-23(26,22(28)25-2)16-17-10-4-5-11-18(17)19-12-6-7-13-20(19)24/h4-7,10-13H,3,8-9,14-16H2,1-2H3,(H,25,28). The molecule has 0 spiro atoms. The molecule has 1 aliphatic heterocycles. The highest BCUT2D eigenvalue weighted by atomic mass is 19.1. The Kier molecular flexibility index (Phi) is 6.12. The number of likely N-dealkylation sites (N-methyl/N-ethyl adjacent to an activating group) is 1. The van der Waals surface area contributed by atoms with Gasteiger partial charge in [0.1, 0.15) is 11.4 Å². The lowest BCUT2D eigenvalue weighted by Gasteiger charge is -2.37. The Morgan fingerprint density at radius 3 is 2.46 bits per heavy atom. The van der Waals surface area contributed by atoms with Gasteiger partial charge in [-0.15, -0.1) is 0 Å². The molecule has 1 heterocycles. The first-order chi connectivity index (χ1) is 13.5. The first-order valence-electron chi connectivity index (χ1n) is 9.89. The van der Waals surface area contributed by atoms with Gasteiger partial charge in [0.05, 0.1) is 0 Å². The number of nitrogens with zero attached hydrogens (tertiary/aromatic N) is 1. The Bertz CT molecular complexity index is 867. The van der Waals surface area contributed by atoms with E-state index >= 15 is 0 Å². The predicted molar refractivity (Wildman–Crippen MR) is 108 cm³/mol. The summed E-state index contributed by atoms with van der Waals surface area (Å²) >= 11 is 0. The molecule has 4 nitrogen and oxygen atoms in total. The van der Waals surface area contributed by atoms with Gasteiger partial charge < -0.3 is 10.2 Å². The smallest absolute Gasteiger partial charge is 0.246 e. The molecule has 1 atom stereocenters. The largest absolute Gasteiger partial charge is 0.357 e. The van der Waals surface area contributed by atoms with Gasteiger partial charge >= 0.3 is 0 Å². The molecule has 1 saturated heterocycles. The summed E-state index contributed by atoms with van der Waals surface area (Å²) in [6, 6.07) is 14.2. The molecule has 1 unspecified atom stereocenters. The topological polar surface area (TPSA) is 49.4 Å². The third-order valence-corrected chi connectivity index (χ3v) is 5.57. The van der Waals surface area contributed by atoms with E-state index in [2.05, 4.69) is 5.32 Å². The molecule has 0 saturated carbocycles. The van der Waals surface area contributed by atoms with Crippen LogP contribution >= 0.6 is 0 Å². The minimum atomic E-state index is -0.928. The van der Waals surface area contributed by atoms with Crippen LogP contribution in [0.15, 0.2) is 48.5 Å². The van der Waals surface area contributed by atoms with Crippen molar-refractivity contribution in [2.24, 2.45) is 0 Å². The third-order valence-electron chi connectivity index (χ3n) is 5.57. The first-order valence-corrected chi connectivity index (χ1v) is 9.89. The summed E-state index contributed by atoms with van der Waals surface area (Å²) in [5, 5.41) is 2.76. The van der Waals surface area contributed by atoms with Gasteiger partial charge in [0.2, 0.25) is 11.8 Å². The molecule has 0 radical (unpaired) electrons. The molecule has 2 amide bonds. The predicted octanol–water partition coefficient (Wildman–Crippen LogP) is 3.94. The van der Waals surface area contributed by atoms with Gasteiger partial charge in [0.25, 0.3) is 0 Å². The van der Waals surface area contributed by atoms with Crippen LogP contribution in [0.1, 0.15) is 38.2 Å². The van der Waals surface area contributed by atoms with Crippen LogP contribution in [-0.4, -0.2) is 35.8 Å². The summed E-state index contributed by atoms with van der Waals surface area (Å²) in [4.78, 5) is 27.5. The van der Waals surface area contributed by atoms with Gasteiger partial charge in [-0.25, -0.2) is 4.39 Å². The average molecular weight is 382 g/mol. The van der Waals surface area contributed by atoms with E-state index in [4.69, 9.17) is 0 Å². The van der Waals surface area contributed by atoms with Crippen molar-refractivity contribution < 1.29 is 14.0 Å². The quantitative estimate of drug-likeness (QED) is 0.823. The molecule has 1 N–H and O–H groups in total. The summed E-state index contributed by atoms with van der Waals surface area (Å²) in [6.45, 7) is 2.54. The number of nitrogens with one attached hydrogen (secondary N) is 1. The molecule has 0 aromatic heterocycles. The maximum atomic E-state index is 14.5. The van der Waals surface area contributed by atoms with Crippen molar-refractivity contribution in [1.29, 1.82) is 0 Å². The lowest BCUT2D eigenvalue weighted by molar-refractivity contribution is -0.144. The summed E-state index contributed by atoms with van der Waals surface area (Å²) in [7, 11) is 1.60. The SMILES string of the molecule is CCCC(=O)N1CCCC1(Cc1ccccc1-c1ccccc1F)C(=O)NC. The highest BCUT2D eigenvalue weighted by Gasteiger charge is 2.49. The lowest BCUT2D eigenvalue weighted by atomic mass is 9.83. The van der Waals surface area contributed by atoms with E-state index in [1.165, 1.54) is 6.07 Å². The molecule has 3 rings (SSSR count). The van der Waals surface area contributed by atoms with Crippen LogP contribution < -0.4 is 5.32 Å². The zero-order valence-electron chi connectivity index (χ0n) is 16.5. The second kappa shape index (κ2) is 8.55. The highest BCUT2D eigenvalue weighted by molar-refractivity contribution is 5.92. The molecule has 2 aromatic rings. The fraction of sp³-hybridized carbons (Fsp3) is 0.391. The number of halogens is 1. The van der Waals surface area contributed by atoms with Gasteiger partial charge in [-0.2, -0.15) is 0 Å². The monoisotopic (exact) mass is 382 g/mol. The number of carbonyl (C=O) groups is 2. The molecule has 0 aliphatic carbocycles. The highest BCUT2D eigenvalue weighted by Crippen LogP contribution is 2.37. The van der Waals surface area contributed by atoms with E-state index < -0.39 is 5.54 Å². The number of amides is 2. The van der Waals surface area contributed by atoms with E-state index in [-0.39, 0.29) is 17.6 Å². The molecule has 1 aliphatic rings. The van der Waals surface area contributed by atoms with Crippen LogP contribution in [0.4, 0.5) is 4.39 Å². The van der Waals surface area contributed by atoms with E-state index in [0.29, 0.717) is 31.4 Å². The van der Waals surface area contributed by atoms with Crippen molar-refractivity contribution in [2.45, 2.75) is 44.6 Å². The van der Waals surface area contributed by atoms with E-state index in [0.717, 1.165) is 24.0 Å². The Labute approximate surface area is 165 Å². The van der Waals surface area contributed by atoms with E-state index in [9.17, 15) is 14.0 Å². The van der Waals surface area contributed by atoms with Gasteiger partial charge in [-0.1, -0.05) is 49.4 Å². The fourth-order valence-electron chi connectivity index (χ4n) is 4.26. The molecule has 28 heavy (non-hydrogen) atoms. The van der Waals surface area contributed by atoms with Gasteiger partial charge in [-0.3, -0.25) is 9.59 Å². The zero-order valence-corrected chi connectivity index (χ0v) is 16.5. The Balaban J connectivity index is 2.05. The van der Waals surface area contributed by atoms with E-state index in [1.807, 2.05) is 31.2 Å². The molecule has 148 valence electrons. The summed E-state index contributed by atoms with van der Waals surface area (Å²) in [6.07, 6.45) is 2.92. The van der Waals surface area contributed by atoms with Crippen LogP contribution in [0.5, 0.6) is 0 Å². The number of carbonyl (C=O) groups excluding carboxylic acids is 2. The third kappa shape index (κ3) is 3.66. The van der Waals surface area contributed by atoms with Crippen molar-refractivity contribution in [2.75, 3.05) is 13.6 Å². The van der Waals surface area contributed by atoms with Crippen molar-refractivity contribution in [3.05, 3.63) is 59.9 Å². The molecule has 1 fully saturated rings. The summed E-state index contributed by atoms with van der Waals surface area (Å²) in [5.41, 5.74) is 1.21. The van der Waals surface area contributed by atoms with Crippen molar-refractivity contribution in [3.8, 4) is 11.1 Å². The first kappa shape index (κ1) is 20.1. The second-order valence-corrected chi connectivity index (χ2v) is 7.32. The minimum Gasteiger partial charge on any atom is -0.357 e. The second-order valence-electron chi connectivity index (χ2n) is 7.32. The number of hydrogen-bond acceptors (Lipinski definition) is 2. The maximum Gasteiger partial charge on any atom is 0.246 e. The molecular weight excluding hydrogens is 355 g/mol. The van der Waals surface area contributed by atoms with Crippen LogP contribution in [-0.2, 0) is 16.0 Å². The number of benzene rings is 2. The van der Waals surface area contributed by atoms with E-state index in [1.54, 1.807) is 30.1 Å². The molecular formula is C23H27FN2O2. The number of rotatable bonds is 6. The molecule has 2 aromatic carbocycles. The Morgan fingerprint density at radius 2 is 1.79 bits per heavy atom. The zero-order chi connectivity index (χ0) is 20.1. The fourth-order valence-corrected chi connectivity index (χ4v) is 4.26. The van der Waals surface area contributed by atoms with Gasteiger partial charge in [0, 0.05) is 32.0 Å². The number of likely N-dealkylation sites (tertiary alicyclic amines) is 1.